The lowest BCUT2D eigenvalue weighted by atomic mass is 10.0. The molecule has 0 fully saturated rings. The van der Waals surface area contributed by atoms with Gasteiger partial charge in [-0.05, 0) is 52.3 Å². The van der Waals surface area contributed by atoms with E-state index in [0.717, 1.165) is 5.56 Å². The third kappa shape index (κ3) is 7.48. The zero-order valence-corrected chi connectivity index (χ0v) is 21.3. The van der Waals surface area contributed by atoms with Gasteiger partial charge in [0.2, 0.25) is 5.91 Å². The van der Waals surface area contributed by atoms with Gasteiger partial charge in [-0.2, -0.15) is 0 Å². The first-order chi connectivity index (χ1) is 16.4. The molecule has 35 heavy (non-hydrogen) atoms. The van der Waals surface area contributed by atoms with Crippen molar-refractivity contribution in [1.82, 2.24) is 10.2 Å². The Hall–Kier alpha value is -3.52. The smallest absolute Gasteiger partial charge is 0.408 e. The average Bonchev–Trinajstić information content (AvgIpc) is 2.75. The van der Waals surface area contributed by atoms with Crippen LogP contribution in [0.5, 0.6) is 5.75 Å². The minimum absolute atomic E-state index is 0.0346. The number of rotatable bonds is 8. The Bertz CT molecular complexity index is 1080. The number of hydrogen-bond acceptors (Lipinski definition) is 5. The Labute approximate surface area is 210 Å². The van der Waals surface area contributed by atoms with Crippen LogP contribution in [0.25, 0.3) is 0 Å². The van der Waals surface area contributed by atoms with Crippen molar-refractivity contribution >= 4 is 35.2 Å². The maximum absolute atomic E-state index is 13.6. The van der Waals surface area contributed by atoms with Gasteiger partial charge in [-0.25, -0.2) is 4.79 Å². The summed E-state index contributed by atoms with van der Waals surface area (Å²) in [7, 11) is 0. The van der Waals surface area contributed by atoms with Gasteiger partial charge in [-0.3, -0.25) is 9.59 Å². The van der Waals surface area contributed by atoms with Gasteiger partial charge < -0.3 is 25.4 Å². The predicted octanol–water partition coefficient (Wildman–Crippen LogP) is 4.96. The summed E-state index contributed by atoms with van der Waals surface area (Å²) in [5.74, 6) is -1.34. The molecule has 0 saturated carbocycles. The second kappa shape index (κ2) is 11.8. The standard InChI is InChI=1S/C26H32ClN3O5/c1-7-15-30(24(33)17(3)28-25(34)35-26(4,5)6)22(18-12-8-9-14-20(18)31)23(32)29-21-16(2)11-10-13-19(21)27/h7-14,17,22,31H,1,15H2,2-6H3,(H,28,34)(H,29,32). The van der Waals surface area contributed by atoms with Gasteiger partial charge in [0.05, 0.1) is 10.7 Å². The quantitative estimate of drug-likeness (QED) is 0.443. The number of aromatic hydroxyl groups is 1. The Kier molecular flexibility index (Phi) is 9.31. The number of aryl methyl sites for hydroxylation is 1. The van der Waals surface area contributed by atoms with Crippen molar-refractivity contribution in [3.8, 4) is 5.75 Å². The first kappa shape index (κ1) is 27.7. The zero-order valence-electron chi connectivity index (χ0n) is 20.6. The molecule has 2 unspecified atom stereocenters. The first-order valence-corrected chi connectivity index (χ1v) is 11.5. The van der Waals surface area contributed by atoms with Crippen LogP contribution in [0.4, 0.5) is 10.5 Å². The van der Waals surface area contributed by atoms with Crippen LogP contribution in [0, 0.1) is 6.92 Å². The van der Waals surface area contributed by atoms with E-state index in [1.165, 1.54) is 24.0 Å². The monoisotopic (exact) mass is 501 g/mol. The van der Waals surface area contributed by atoms with Crippen molar-refractivity contribution in [2.24, 2.45) is 0 Å². The molecule has 2 aromatic carbocycles. The van der Waals surface area contributed by atoms with Gasteiger partial charge in [0, 0.05) is 12.1 Å². The van der Waals surface area contributed by atoms with Crippen molar-refractivity contribution in [2.75, 3.05) is 11.9 Å². The van der Waals surface area contributed by atoms with Gasteiger partial charge >= 0.3 is 6.09 Å². The number of nitrogens with zero attached hydrogens (tertiary/aromatic N) is 1. The number of benzene rings is 2. The highest BCUT2D eigenvalue weighted by molar-refractivity contribution is 6.34. The summed E-state index contributed by atoms with van der Waals surface area (Å²) in [5.41, 5.74) is 0.571. The molecule has 0 saturated heterocycles. The van der Waals surface area contributed by atoms with E-state index in [1.54, 1.807) is 64.1 Å². The van der Waals surface area contributed by atoms with E-state index in [4.69, 9.17) is 16.3 Å². The highest BCUT2D eigenvalue weighted by atomic mass is 35.5. The van der Waals surface area contributed by atoms with E-state index in [2.05, 4.69) is 17.2 Å². The molecule has 2 rings (SSSR count). The molecule has 0 heterocycles. The highest BCUT2D eigenvalue weighted by Crippen LogP contribution is 2.32. The van der Waals surface area contributed by atoms with Crippen LogP contribution in [-0.4, -0.2) is 46.1 Å². The van der Waals surface area contributed by atoms with E-state index in [9.17, 15) is 19.5 Å². The molecule has 188 valence electrons. The number of nitrogens with one attached hydrogen (secondary N) is 2. The lowest BCUT2D eigenvalue weighted by Gasteiger charge is -2.33. The number of alkyl carbamates (subject to hydrolysis) is 1. The number of ether oxygens (including phenoxy) is 1. The second-order valence-corrected chi connectivity index (χ2v) is 9.44. The Balaban J connectivity index is 2.46. The van der Waals surface area contributed by atoms with E-state index in [1.807, 2.05) is 0 Å². The third-order valence-electron chi connectivity index (χ3n) is 4.97. The molecule has 0 aliphatic rings. The average molecular weight is 502 g/mol. The molecule has 0 aromatic heterocycles. The van der Waals surface area contributed by atoms with Gasteiger partial charge in [0.1, 0.15) is 23.4 Å². The maximum atomic E-state index is 13.6. The van der Waals surface area contributed by atoms with E-state index in [0.29, 0.717) is 10.7 Å². The molecule has 0 bridgehead atoms. The first-order valence-electron chi connectivity index (χ1n) is 11.1. The van der Waals surface area contributed by atoms with Crippen LogP contribution in [0.3, 0.4) is 0 Å². The molecular weight excluding hydrogens is 470 g/mol. The summed E-state index contributed by atoms with van der Waals surface area (Å²) in [6.07, 6.45) is 0.686. The lowest BCUT2D eigenvalue weighted by molar-refractivity contribution is -0.139. The summed E-state index contributed by atoms with van der Waals surface area (Å²) in [4.78, 5) is 40.5. The topological polar surface area (TPSA) is 108 Å². The van der Waals surface area contributed by atoms with Crippen LogP contribution < -0.4 is 10.6 Å². The van der Waals surface area contributed by atoms with Gasteiger partial charge in [0.25, 0.3) is 5.91 Å². The number of carbonyl (C=O) groups excluding carboxylic acids is 3. The number of para-hydroxylation sites is 2. The molecule has 2 aromatic rings. The molecule has 0 aliphatic carbocycles. The van der Waals surface area contributed by atoms with Crippen molar-refractivity contribution < 1.29 is 24.2 Å². The van der Waals surface area contributed by atoms with Gasteiger partial charge in [-0.1, -0.05) is 48.0 Å². The lowest BCUT2D eigenvalue weighted by Crippen LogP contribution is -2.51. The number of amides is 3. The Morgan fingerprint density at radius 2 is 1.83 bits per heavy atom. The fourth-order valence-corrected chi connectivity index (χ4v) is 3.68. The number of anilines is 1. The fraction of sp³-hybridized carbons (Fsp3) is 0.346. The van der Waals surface area contributed by atoms with Crippen molar-refractivity contribution in [3.63, 3.8) is 0 Å². The molecule has 9 heteroatoms. The zero-order chi connectivity index (χ0) is 26.3. The highest BCUT2D eigenvalue weighted by Gasteiger charge is 2.35. The molecule has 0 radical (unpaired) electrons. The predicted molar refractivity (Wildman–Crippen MR) is 136 cm³/mol. The number of halogens is 1. The van der Waals surface area contributed by atoms with Gasteiger partial charge in [0.15, 0.2) is 0 Å². The molecule has 0 spiro atoms. The van der Waals surface area contributed by atoms with Gasteiger partial charge in [-0.15, -0.1) is 6.58 Å². The van der Waals surface area contributed by atoms with E-state index >= 15 is 0 Å². The van der Waals surface area contributed by atoms with Crippen molar-refractivity contribution in [2.45, 2.75) is 52.3 Å². The van der Waals surface area contributed by atoms with Crippen LogP contribution in [0.2, 0.25) is 5.02 Å². The minimum Gasteiger partial charge on any atom is -0.508 e. The third-order valence-corrected chi connectivity index (χ3v) is 5.29. The molecule has 3 amide bonds. The number of phenols is 1. The Morgan fingerprint density at radius 3 is 2.40 bits per heavy atom. The molecule has 8 nitrogen and oxygen atoms in total. The maximum Gasteiger partial charge on any atom is 0.408 e. The SMILES string of the molecule is C=CCN(C(=O)C(C)NC(=O)OC(C)(C)C)C(C(=O)Nc1c(C)cccc1Cl)c1ccccc1O. The summed E-state index contributed by atoms with van der Waals surface area (Å²) < 4.78 is 5.24. The fourth-order valence-electron chi connectivity index (χ4n) is 3.41. The molecule has 2 atom stereocenters. The Morgan fingerprint density at radius 1 is 1.17 bits per heavy atom. The summed E-state index contributed by atoms with van der Waals surface area (Å²) in [6, 6.07) is 9.13. The van der Waals surface area contributed by atoms with Crippen LogP contribution >= 0.6 is 11.6 Å². The van der Waals surface area contributed by atoms with Crippen molar-refractivity contribution in [3.05, 3.63) is 71.3 Å². The molecule has 0 aliphatic heterocycles. The number of carbonyl (C=O) groups is 3. The normalized spacial score (nSPS) is 12.7. The second-order valence-electron chi connectivity index (χ2n) is 9.03. The van der Waals surface area contributed by atoms with Crippen LogP contribution in [0.1, 0.15) is 44.9 Å². The molecule has 3 N–H and O–H groups in total. The summed E-state index contributed by atoms with van der Waals surface area (Å²) >= 11 is 6.30. The molecular formula is C26H32ClN3O5. The van der Waals surface area contributed by atoms with Crippen molar-refractivity contribution in [1.29, 1.82) is 0 Å². The van der Waals surface area contributed by atoms with Crippen LogP contribution in [0.15, 0.2) is 55.1 Å². The van der Waals surface area contributed by atoms with Crippen LogP contribution in [-0.2, 0) is 14.3 Å². The largest absolute Gasteiger partial charge is 0.508 e. The minimum atomic E-state index is -1.25. The van der Waals surface area contributed by atoms with E-state index in [-0.39, 0.29) is 17.9 Å². The number of hydrogen-bond donors (Lipinski definition) is 3. The summed E-state index contributed by atoms with van der Waals surface area (Å²) in [6.45, 7) is 12.1. The summed E-state index contributed by atoms with van der Waals surface area (Å²) in [5, 5.41) is 16.2. The number of phenolic OH excluding ortho intramolecular Hbond substituents is 1. The van der Waals surface area contributed by atoms with E-state index < -0.39 is 35.6 Å².